The van der Waals surface area contributed by atoms with Crippen molar-refractivity contribution in [3.63, 3.8) is 0 Å². The van der Waals surface area contributed by atoms with Crippen LogP contribution >= 0.6 is 0 Å². The number of primary amides is 1. The first-order valence-corrected chi connectivity index (χ1v) is 6.79. The number of aromatic nitrogens is 1. The van der Waals surface area contributed by atoms with Gasteiger partial charge in [-0.3, -0.25) is 4.79 Å². The Morgan fingerprint density at radius 1 is 1.45 bits per heavy atom. The molecular formula is C15H17N3O2. The number of nitrogens with two attached hydrogens (primary N) is 1. The van der Waals surface area contributed by atoms with E-state index in [9.17, 15) is 4.79 Å². The van der Waals surface area contributed by atoms with Gasteiger partial charge in [0.15, 0.2) is 0 Å². The lowest BCUT2D eigenvalue weighted by atomic mass is 10.1. The summed E-state index contributed by atoms with van der Waals surface area (Å²) in [5.74, 6) is 0.219. The zero-order chi connectivity index (χ0) is 13.9. The second-order valence-corrected chi connectivity index (χ2v) is 4.95. The minimum atomic E-state index is -0.441. The number of pyridine rings is 1. The van der Waals surface area contributed by atoms with E-state index in [1.807, 2.05) is 24.3 Å². The molecule has 5 heteroatoms. The van der Waals surface area contributed by atoms with Crippen molar-refractivity contribution in [2.45, 2.75) is 18.9 Å². The second kappa shape index (κ2) is 5.46. The van der Waals surface area contributed by atoms with Crippen LogP contribution in [0.25, 0.3) is 10.9 Å². The van der Waals surface area contributed by atoms with Crippen molar-refractivity contribution in [1.29, 1.82) is 0 Å². The minimum Gasteiger partial charge on any atom is -0.376 e. The van der Waals surface area contributed by atoms with E-state index in [-0.39, 0.29) is 6.10 Å². The number of hydrogen-bond donors (Lipinski definition) is 2. The lowest BCUT2D eigenvalue weighted by Gasteiger charge is -2.13. The summed E-state index contributed by atoms with van der Waals surface area (Å²) in [6, 6.07) is 9.20. The molecular weight excluding hydrogens is 254 g/mol. The first-order chi connectivity index (χ1) is 9.74. The van der Waals surface area contributed by atoms with E-state index in [0.29, 0.717) is 17.9 Å². The predicted molar refractivity (Wildman–Crippen MR) is 77.7 cm³/mol. The van der Waals surface area contributed by atoms with Crippen molar-refractivity contribution in [2.75, 3.05) is 18.5 Å². The lowest BCUT2D eigenvalue weighted by Crippen LogP contribution is -2.19. The Balaban J connectivity index is 1.88. The maximum absolute atomic E-state index is 11.6. The Labute approximate surface area is 117 Å². The summed E-state index contributed by atoms with van der Waals surface area (Å²) in [5.41, 5.74) is 6.70. The fourth-order valence-corrected chi connectivity index (χ4v) is 2.49. The number of hydrogen-bond acceptors (Lipinski definition) is 4. The number of nitrogens with zero attached hydrogens (tertiary/aromatic N) is 1. The van der Waals surface area contributed by atoms with E-state index < -0.39 is 5.91 Å². The molecule has 0 spiro atoms. The van der Waals surface area contributed by atoms with Gasteiger partial charge in [0.2, 0.25) is 5.91 Å². The van der Waals surface area contributed by atoms with Crippen LogP contribution in [0.4, 0.5) is 5.82 Å². The van der Waals surface area contributed by atoms with Crippen LogP contribution in [-0.4, -0.2) is 30.1 Å². The zero-order valence-electron chi connectivity index (χ0n) is 11.1. The molecule has 1 atom stereocenters. The van der Waals surface area contributed by atoms with Gasteiger partial charge in [0.05, 0.1) is 17.2 Å². The molecule has 3 rings (SSSR count). The number of anilines is 1. The number of fused-ring (bicyclic) bond motifs is 1. The van der Waals surface area contributed by atoms with Crippen LogP contribution in [0, 0.1) is 0 Å². The third kappa shape index (κ3) is 2.58. The Hall–Kier alpha value is -2.14. The van der Waals surface area contributed by atoms with Gasteiger partial charge in [-0.15, -0.1) is 0 Å². The number of ether oxygens (including phenoxy) is 1. The van der Waals surface area contributed by atoms with Gasteiger partial charge in [0, 0.05) is 18.5 Å². The van der Waals surface area contributed by atoms with Gasteiger partial charge < -0.3 is 15.8 Å². The smallest absolute Gasteiger partial charge is 0.249 e. The Morgan fingerprint density at radius 2 is 2.30 bits per heavy atom. The summed E-state index contributed by atoms with van der Waals surface area (Å²) in [5, 5.41) is 4.01. The van der Waals surface area contributed by atoms with Crippen LogP contribution in [0.3, 0.4) is 0 Å². The van der Waals surface area contributed by atoms with Crippen LogP contribution in [-0.2, 0) is 4.74 Å². The van der Waals surface area contributed by atoms with Crippen LogP contribution < -0.4 is 11.1 Å². The van der Waals surface area contributed by atoms with Crippen molar-refractivity contribution in [3.05, 3.63) is 35.9 Å². The summed E-state index contributed by atoms with van der Waals surface area (Å²) >= 11 is 0. The number of nitrogens with one attached hydrogen (secondary N) is 1. The number of para-hydroxylation sites is 1. The average molecular weight is 271 g/mol. The maximum Gasteiger partial charge on any atom is 0.249 e. The molecule has 0 aliphatic carbocycles. The Bertz CT molecular complexity index is 636. The standard InChI is InChI=1S/C15H17N3O2/c16-15(19)12-8-14(17-9-10-4-3-7-20-10)18-13-6-2-1-5-11(12)13/h1-2,5-6,8,10H,3-4,7,9H2,(H2,16,19)(H,17,18)/t10-/m1/s1. The third-order valence-corrected chi connectivity index (χ3v) is 3.52. The molecule has 1 saturated heterocycles. The van der Waals surface area contributed by atoms with Gasteiger partial charge in [0.25, 0.3) is 0 Å². The second-order valence-electron chi connectivity index (χ2n) is 4.95. The van der Waals surface area contributed by atoms with Crippen molar-refractivity contribution >= 4 is 22.6 Å². The molecule has 2 heterocycles. The molecule has 1 aliphatic rings. The van der Waals surface area contributed by atoms with Crippen molar-refractivity contribution < 1.29 is 9.53 Å². The van der Waals surface area contributed by atoms with Gasteiger partial charge in [0.1, 0.15) is 5.82 Å². The summed E-state index contributed by atoms with van der Waals surface area (Å²) in [6.07, 6.45) is 2.38. The monoisotopic (exact) mass is 271 g/mol. The molecule has 1 aromatic carbocycles. The van der Waals surface area contributed by atoms with Crippen molar-refractivity contribution in [1.82, 2.24) is 4.98 Å². The zero-order valence-corrected chi connectivity index (χ0v) is 11.1. The molecule has 20 heavy (non-hydrogen) atoms. The van der Waals surface area contributed by atoms with Crippen molar-refractivity contribution in [3.8, 4) is 0 Å². The molecule has 0 saturated carbocycles. The molecule has 0 bridgehead atoms. The molecule has 1 aromatic heterocycles. The van der Waals surface area contributed by atoms with E-state index in [1.165, 1.54) is 0 Å². The SMILES string of the molecule is NC(=O)c1cc(NC[C@H]2CCCO2)nc2ccccc12. The minimum absolute atomic E-state index is 0.222. The first kappa shape index (κ1) is 12.9. The highest BCUT2D eigenvalue weighted by Crippen LogP contribution is 2.21. The van der Waals surface area contributed by atoms with E-state index in [4.69, 9.17) is 10.5 Å². The number of carbonyl (C=O) groups excluding carboxylic acids is 1. The molecule has 1 aliphatic heterocycles. The normalized spacial score (nSPS) is 18.3. The quantitative estimate of drug-likeness (QED) is 0.890. The van der Waals surface area contributed by atoms with E-state index in [0.717, 1.165) is 30.4 Å². The van der Waals surface area contributed by atoms with Crippen molar-refractivity contribution in [2.24, 2.45) is 5.73 Å². The van der Waals surface area contributed by atoms with E-state index in [2.05, 4.69) is 10.3 Å². The highest BCUT2D eigenvalue weighted by molar-refractivity contribution is 6.06. The fraction of sp³-hybridized carbons (Fsp3) is 0.333. The molecule has 3 N–H and O–H groups in total. The molecule has 0 radical (unpaired) electrons. The highest BCUT2D eigenvalue weighted by atomic mass is 16.5. The Morgan fingerprint density at radius 3 is 3.05 bits per heavy atom. The fourth-order valence-electron chi connectivity index (χ4n) is 2.49. The van der Waals surface area contributed by atoms with E-state index in [1.54, 1.807) is 6.07 Å². The molecule has 1 fully saturated rings. The van der Waals surface area contributed by atoms with Gasteiger partial charge in [-0.1, -0.05) is 18.2 Å². The van der Waals surface area contributed by atoms with E-state index >= 15 is 0 Å². The average Bonchev–Trinajstić information content (AvgIpc) is 2.97. The maximum atomic E-state index is 11.6. The van der Waals surface area contributed by atoms with Gasteiger partial charge in [-0.05, 0) is 25.0 Å². The molecule has 104 valence electrons. The van der Waals surface area contributed by atoms with Crippen LogP contribution in [0.15, 0.2) is 30.3 Å². The van der Waals surface area contributed by atoms with Gasteiger partial charge >= 0.3 is 0 Å². The van der Waals surface area contributed by atoms with Gasteiger partial charge in [-0.2, -0.15) is 0 Å². The Kier molecular flexibility index (Phi) is 3.52. The lowest BCUT2D eigenvalue weighted by molar-refractivity contribution is 0.100. The van der Waals surface area contributed by atoms with Crippen LogP contribution in [0.1, 0.15) is 23.2 Å². The number of rotatable bonds is 4. The predicted octanol–water partition coefficient (Wildman–Crippen LogP) is 1.92. The first-order valence-electron chi connectivity index (χ1n) is 6.79. The largest absolute Gasteiger partial charge is 0.376 e. The number of carbonyl (C=O) groups is 1. The summed E-state index contributed by atoms with van der Waals surface area (Å²) < 4.78 is 5.56. The molecule has 1 amide bonds. The summed E-state index contributed by atoms with van der Waals surface area (Å²) in [6.45, 7) is 1.52. The molecule has 5 nitrogen and oxygen atoms in total. The highest BCUT2D eigenvalue weighted by Gasteiger charge is 2.16. The molecule has 0 unspecified atom stereocenters. The topological polar surface area (TPSA) is 77.2 Å². The van der Waals surface area contributed by atoms with Gasteiger partial charge in [-0.25, -0.2) is 4.98 Å². The number of benzene rings is 1. The van der Waals surface area contributed by atoms with Crippen LogP contribution in [0.2, 0.25) is 0 Å². The third-order valence-electron chi connectivity index (χ3n) is 3.52. The van der Waals surface area contributed by atoms with Crippen LogP contribution in [0.5, 0.6) is 0 Å². The number of amides is 1. The molecule has 2 aromatic rings. The summed E-state index contributed by atoms with van der Waals surface area (Å²) in [4.78, 5) is 16.1. The summed E-state index contributed by atoms with van der Waals surface area (Å²) in [7, 11) is 0.